The van der Waals surface area contributed by atoms with E-state index in [1.54, 1.807) is 54.6 Å². The number of carbonyl (C=O) groups is 1. The second kappa shape index (κ2) is 9.89. The van der Waals surface area contributed by atoms with Crippen molar-refractivity contribution in [3.63, 3.8) is 0 Å². The number of fused-ring (bicyclic) bond motifs is 1. The molecule has 0 saturated carbocycles. The van der Waals surface area contributed by atoms with E-state index in [0.717, 1.165) is 0 Å². The summed E-state index contributed by atoms with van der Waals surface area (Å²) in [5.74, 6) is 0.400. The summed E-state index contributed by atoms with van der Waals surface area (Å²) in [6, 6.07) is 21.4. The van der Waals surface area contributed by atoms with Crippen LogP contribution in [0.5, 0.6) is 5.75 Å². The molecular formula is C24H20ClN3O3S. The van der Waals surface area contributed by atoms with Crippen molar-refractivity contribution in [1.82, 2.24) is 9.55 Å². The lowest BCUT2D eigenvalue weighted by Crippen LogP contribution is -2.23. The van der Waals surface area contributed by atoms with Crippen LogP contribution in [0.2, 0.25) is 5.02 Å². The molecule has 0 unspecified atom stereocenters. The van der Waals surface area contributed by atoms with E-state index in [1.165, 1.54) is 16.3 Å². The van der Waals surface area contributed by atoms with Crippen molar-refractivity contribution in [2.45, 2.75) is 12.1 Å². The Bertz CT molecular complexity index is 1340. The monoisotopic (exact) mass is 465 g/mol. The highest BCUT2D eigenvalue weighted by Gasteiger charge is 2.17. The Hall–Kier alpha value is -3.29. The molecule has 3 aromatic carbocycles. The third-order valence-corrected chi connectivity index (χ3v) is 5.77. The number of para-hydroxylation sites is 3. The summed E-state index contributed by atoms with van der Waals surface area (Å²) in [4.78, 5) is 30.6. The average Bonchev–Trinajstić information content (AvgIpc) is 2.79. The van der Waals surface area contributed by atoms with Crippen LogP contribution in [0, 0.1) is 0 Å². The third-order valence-electron chi connectivity index (χ3n) is 4.59. The first-order valence-corrected chi connectivity index (χ1v) is 11.4. The molecule has 0 fully saturated rings. The zero-order valence-electron chi connectivity index (χ0n) is 17.2. The minimum atomic E-state index is -0.232. The summed E-state index contributed by atoms with van der Waals surface area (Å²) in [5, 5.41) is 4.24. The van der Waals surface area contributed by atoms with Crippen LogP contribution < -0.4 is 15.6 Å². The van der Waals surface area contributed by atoms with Gasteiger partial charge in [-0.1, -0.05) is 53.7 Å². The predicted octanol–water partition coefficient (Wildman–Crippen LogP) is 5.17. The number of benzene rings is 3. The van der Waals surface area contributed by atoms with Crippen molar-refractivity contribution < 1.29 is 9.53 Å². The van der Waals surface area contributed by atoms with Gasteiger partial charge >= 0.3 is 0 Å². The van der Waals surface area contributed by atoms with Crippen LogP contribution in [0.25, 0.3) is 16.6 Å². The minimum Gasteiger partial charge on any atom is -0.492 e. The highest BCUT2D eigenvalue weighted by molar-refractivity contribution is 7.99. The molecule has 0 aliphatic rings. The summed E-state index contributed by atoms with van der Waals surface area (Å²) in [6.45, 7) is 2.34. The Balaban J connectivity index is 1.71. The van der Waals surface area contributed by atoms with Gasteiger partial charge in [0.05, 0.1) is 29.0 Å². The van der Waals surface area contributed by atoms with Crippen LogP contribution in [0.3, 0.4) is 0 Å². The van der Waals surface area contributed by atoms with Crippen LogP contribution in [0.15, 0.2) is 82.7 Å². The van der Waals surface area contributed by atoms with E-state index in [-0.39, 0.29) is 17.2 Å². The molecule has 0 aliphatic carbocycles. The maximum Gasteiger partial charge on any atom is 0.266 e. The number of aromatic nitrogens is 2. The number of nitrogens with one attached hydrogen (secondary N) is 1. The van der Waals surface area contributed by atoms with E-state index < -0.39 is 0 Å². The first-order valence-electron chi connectivity index (χ1n) is 9.99. The van der Waals surface area contributed by atoms with Crippen LogP contribution in [0.1, 0.15) is 6.92 Å². The van der Waals surface area contributed by atoms with E-state index in [9.17, 15) is 9.59 Å². The number of hydrogen-bond acceptors (Lipinski definition) is 5. The molecule has 0 spiro atoms. The zero-order valence-corrected chi connectivity index (χ0v) is 18.8. The van der Waals surface area contributed by atoms with Gasteiger partial charge in [-0.25, -0.2) is 4.98 Å². The molecule has 162 valence electrons. The minimum absolute atomic E-state index is 0.0636. The van der Waals surface area contributed by atoms with Crippen molar-refractivity contribution >= 4 is 45.9 Å². The fraction of sp³-hybridized carbons (Fsp3) is 0.125. The van der Waals surface area contributed by atoms with Gasteiger partial charge in [0.25, 0.3) is 5.56 Å². The Labute approximate surface area is 194 Å². The summed E-state index contributed by atoms with van der Waals surface area (Å²) >= 11 is 7.17. The van der Waals surface area contributed by atoms with Crippen LogP contribution in [-0.2, 0) is 4.79 Å². The van der Waals surface area contributed by atoms with E-state index in [4.69, 9.17) is 16.3 Å². The van der Waals surface area contributed by atoms with Crippen molar-refractivity contribution in [3.05, 3.63) is 88.2 Å². The quantitative estimate of drug-likeness (QED) is 0.301. The van der Waals surface area contributed by atoms with Gasteiger partial charge in [-0.15, -0.1) is 0 Å². The van der Waals surface area contributed by atoms with E-state index in [0.29, 0.717) is 44.8 Å². The average molecular weight is 466 g/mol. The smallest absolute Gasteiger partial charge is 0.266 e. The number of amides is 1. The zero-order chi connectivity index (χ0) is 22.5. The van der Waals surface area contributed by atoms with Gasteiger partial charge in [0.15, 0.2) is 5.16 Å². The Morgan fingerprint density at radius 3 is 2.69 bits per heavy atom. The molecule has 4 rings (SSSR count). The number of thioether (sulfide) groups is 1. The molecule has 32 heavy (non-hydrogen) atoms. The number of ether oxygens (including phenoxy) is 1. The second-order valence-electron chi connectivity index (χ2n) is 6.80. The van der Waals surface area contributed by atoms with Crippen LogP contribution >= 0.6 is 23.4 Å². The van der Waals surface area contributed by atoms with Gasteiger partial charge in [0.1, 0.15) is 5.75 Å². The number of carbonyl (C=O) groups excluding carboxylic acids is 1. The summed E-state index contributed by atoms with van der Waals surface area (Å²) in [6.07, 6.45) is 0. The molecular weight excluding hydrogens is 446 g/mol. The number of halogens is 1. The topological polar surface area (TPSA) is 73.2 Å². The molecule has 1 N–H and O–H groups in total. The van der Waals surface area contributed by atoms with Gasteiger partial charge in [-0.3, -0.25) is 14.2 Å². The fourth-order valence-electron chi connectivity index (χ4n) is 3.23. The number of rotatable bonds is 7. The Kier molecular flexibility index (Phi) is 6.78. The fourth-order valence-corrected chi connectivity index (χ4v) is 4.23. The highest BCUT2D eigenvalue weighted by Crippen LogP contribution is 2.27. The maximum atomic E-state index is 13.4. The maximum absolute atomic E-state index is 13.4. The first kappa shape index (κ1) is 21.9. The van der Waals surface area contributed by atoms with E-state index in [2.05, 4.69) is 10.3 Å². The van der Waals surface area contributed by atoms with Crippen LogP contribution in [0.4, 0.5) is 5.69 Å². The molecule has 4 aromatic rings. The Morgan fingerprint density at radius 1 is 1.09 bits per heavy atom. The summed E-state index contributed by atoms with van der Waals surface area (Å²) in [7, 11) is 0. The van der Waals surface area contributed by atoms with E-state index >= 15 is 0 Å². The predicted molar refractivity (Wildman–Crippen MR) is 129 cm³/mol. The third kappa shape index (κ3) is 4.79. The second-order valence-corrected chi connectivity index (χ2v) is 8.18. The van der Waals surface area contributed by atoms with Gasteiger partial charge in [-0.2, -0.15) is 0 Å². The largest absolute Gasteiger partial charge is 0.492 e. The lowest BCUT2D eigenvalue weighted by Gasteiger charge is -2.16. The van der Waals surface area contributed by atoms with Crippen molar-refractivity contribution in [2.24, 2.45) is 0 Å². The van der Waals surface area contributed by atoms with Gasteiger partial charge < -0.3 is 10.1 Å². The van der Waals surface area contributed by atoms with Gasteiger partial charge in [0, 0.05) is 10.7 Å². The summed E-state index contributed by atoms with van der Waals surface area (Å²) < 4.78 is 7.25. The standard InChI is InChI=1S/C24H20ClN3O3S/c1-2-31-21-13-6-5-12-20(21)28-23(30)18-10-3-4-11-19(18)27-24(28)32-15-22(29)26-17-9-7-8-16(25)14-17/h3-14H,2,15H2,1H3,(H,26,29). The normalized spacial score (nSPS) is 10.8. The first-order chi connectivity index (χ1) is 15.6. The number of nitrogens with zero attached hydrogens (tertiary/aromatic N) is 2. The van der Waals surface area contributed by atoms with Gasteiger partial charge in [0.2, 0.25) is 5.91 Å². The molecule has 1 amide bonds. The van der Waals surface area contributed by atoms with E-state index in [1.807, 2.05) is 25.1 Å². The van der Waals surface area contributed by atoms with Crippen molar-refractivity contribution in [1.29, 1.82) is 0 Å². The SMILES string of the molecule is CCOc1ccccc1-n1c(SCC(=O)Nc2cccc(Cl)c2)nc2ccccc2c1=O. The van der Waals surface area contributed by atoms with Gasteiger partial charge in [-0.05, 0) is 49.4 Å². The lowest BCUT2D eigenvalue weighted by molar-refractivity contribution is -0.113. The molecule has 0 atom stereocenters. The number of anilines is 1. The van der Waals surface area contributed by atoms with Crippen molar-refractivity contribution in [3.8, 4) is 11.4 Å². The van der Waals surface area contributed by atoms with Crippen LogP contribution in [-0.4, -0.2) is 27.8 Å². The molecule has 0 saturated heterocycles. The lowest BCUT2D eigenvalue weighted by atomic mass is 10.2. The Morgan fingerprint density at radius 2 is 1.88 bits per heavy atom. The molecule has 1 heterocycles. The molecule has 0 bridgehead atoms. The summed E-state index contributed by atoms with van der Waals surface area (Å²) in [5.41, 5.74) is 1.53. The van der Waals surface area contributed by atoms with Crippen molar-refractivity contribution in [2.75, 3.05) is 17.7 Å². The molecule has 0 aliphatic heterocycles. The molecule has 6 nitrogen and oxygen atoms in total. The highest BCUT2D eigenvalue weighted by atomic mass is 35.5. The molecule has 0 radical (unpaired) electrons. The molecule has 8 heteroatoms. The number of hydrogen-bond donors (Lipinski definition) is 1. The molecule has 1 aromatic heterocycles.